The maximum absolute atomic E-state index is 8.58. The van der Waals surface area contributed by atoms with Crippen molar-refractivity contribution >= 4 is 0 Å². The molecule has 0 spiro atoms. The van der Waals surface area contributed by atoms with Crippen LogP contribution in [-0.2, 0) is 4.74 Å². The second-order valence-electron chi connectivity index (χ2n) is 5.81. The molecule has 0 saturated heterocycles. The number of rotatable bonds is 16. The lowest BCUT2D eigenvalue weighted by molar-refractivity contribution is 0.0926. The van der Waals surface area contributed by atoms with Crippen LogP contribution in [0.1, 0.15) is 78.1 Å². The van der Waals surface area contributed by atoms with E-state index in [9.17, 15) is 0 Å². The number of aliphatic hydroxyl groups is 1. The van der Waals surface area contributed by atoms with Crippen molar-refractivity contribution in [3.63, 3.8) is 0 Å². The van der Waals surface area contributed by atoms with Crippen LogP contribution in [0.5, 0.6) is 0 Å². The van der Waals surface area contributed by atoms with Crippen LogP contribution in [0.15, 0.2) is 0 Å². The first-order valence-electron chi connectivity index (χ1n) is 8.73. The molecule has 0 fully saturated rings. The Kier molecular flexibility index (Phi) is 16.8. The molecular formula is C17H37NO2. The summed E-state index contributed by atoms with van der Waals surface area (Å²) in [5, 5.41) is 12.0. The third-order valence-corrected chi connectivity index (χ3v) is 3.72. The van der Waals surface area contributed by atoms with E-state index >= 15 is 0 Å². The molecule has 3 nitrogen and oxygen atoms in total. The third-order valence-electron chi connectivity index (χ3n) is 3.72. The second kappa shape index (κ2) is 16.9. The minimum absolute atomic E-state index is 0.119. The van der Waals surface area contributed by atoms with Crippen molar-refractivity contribution in [1.82, 2.24) is 5.32 Å². The lowest BCUT2D eigenvalue weighted by Crippen LogP contribution is -2.29. The second-order valence-corrected chi connectivity index (χ2v) is 5.81. The molecule has 0 bridgehead atoms. The standard InChI is InChI=1S/C17H37NO2/c1-3-4-5-6-7-8-9-10-11-12-17(2)18-13-15-20-16-14-19/h17-19H,3-16H2,1-2H3. The monoisotopic (exact) mass is 287 g/mol. The average molecular weight is 287 g/mol. The van der Waals surface area contributed by atoms with Gasteiger partial charge in [0, 0.05) is 12.6 Å². The number of hydrogen-bond acceptors (Lipinski definition) is 3. The van der Waals surface area contributed by atoms with Gasteiger partial charge in [-0.15, -0.1) is 0 Å². The molecule has 3 heteroatoms. The van der Waals surface area contributed by atoms with Crippen molar-refractivity contribution in [1.29, 1.82) is 0 Å². The summed E-state index contributed by atoms with van der Waals surface area (Å²) in [6.07, 6.45) is 13.8. The van der Waals surface area contributed by atoms with Gasteiger partial charge >= 0.3 is 0 Å². The van der Waals surface area contributed by atoms with E-state index in [1.165, 1.54) is 64.2 Å². The smallest absolute Gasteiger partial charge is 0.0698 e. The Labute approximate surface area is 126 Å². The van der Waals surface area contributed by atoms with Crippen molar-refractivity contribution in [3.8, 4) is 0 Å². The molecule has 0 aromatic rings. The Morgan fingerprint density at radius 2 is 1.50 bits per heavy atom. The normalized spacial score (nSPS) is 12.8. The zero-order chi connectivity index (χ0) is 14.9. The van der Waals surface area contributed by atoms with Gasteiger partial charge in [0.2, 0.25) is 0 Å². The summed E-state index contributed by atoms with van der Waals surface area (Å²) in [6, 6.07) is 0.581. The predicted molar refractivity (Wildman–Crippen MR) is 87.2 cm³/mol. The van der Waals surface area contributed by atoms with E-state index < -0.39 is 0 Å². The van der Waals surface area contributed by atoms with E-state index in [0.29, 0.717) is 19.3 Å². The molecule has 122 valence electrons. The first kappa shape index (κ1) is 19.9. The average Bonchev–Trinajstić information content (AvgIpc) is 2.45. The highest BCUT2D eigenvalue weighted by molar-refractivity contribution is 4.60. The Morgan fingerprint density at radius 3 is 2.10 bits per heavy atom. The zero-order valence-electron chi connectivity index (χ0n) is 13.8. The van der Waals surface area contributed by atoms with E-state index in [2.05, 4.69) is 19.2 Å². The molecule has 0 rings (SSSR count). The Morgan fingerprint density at radius 1 is 0.900 bits per heavy atom. The van der Waals surface area contributed by atoms with Crippen LogP contribution < -0.4 is 5.32 Å². The number of unbranched alkanes of at least 4 members (excludes halogenated alkanes) is 8. The zero-order valence-corrected chi connectivity index (χ0v) is 13.8. The first-order valence-corrected chi connectivity index (χ1v) is 8.73. The van der Waals surface area contributed by atoms with E-state index in [1.54, 1.807) is 0 Å². The van der Waals surface area contributed by atoms with Crippen molar-refractivity contribution in [2.75, 3.05) is 26.4 Å². The summed E-state index contributed by atoms with van der Waals surface area (Å²) < 4.78 is 5.22. The topological polar surface area (TPSA) is 41.5 Å². The van der Waals surface area contributed by atoms with Crippen molar-refractivity contribution in [2.24, 2.45) is 0 Å². The predicted octanol–water partition coefficient (Wildman–Crippen LogP) is 3.89. The van der Waals surface area contributed by atoms with Crippen LogP contribution in [0, 0.1) is 0 Å². The molecule has 0 amide bonds. The van der Waals surface area contributed by atoms with Gasteiger partial charge in [-0.2, -0.15) is 0 Å². The van der Waals surface area contributed by atoms with Gasteiger partial charge in [0.05, 0.1) is 19.8 Å². The molecule has 1 unspecified atom stereocenters. The molecule has 0 aliphatic carbocycles. The van der Waals surface area contributed by atoms with Crippen LogP contribution in [0.2, 0.25) is 0 Å². The summed E-state index contributed by atoms with van der Waals surface area (Å²) in [4.78, 5) is 0. The van der Waals surface area contributed by atoms with Crippen LogP contribution in [0.4, 0.5) is 0 Å². The quantitative estimate of drug-likeness (QED) is 0.423. The highest BCUT2D eigenvalue weighted by atomic mass is 16.5. The summed E-state index contributed by atoms with van der Waals surface area (Å²) >= 11 is 0. The van der Waals surface area contributed by atoms with E-state index in [4.69, 9.17) is 9.84 Å². The Bertz CT molecular complexity index is 176. The van der Waals surface area contributed by atoms with Gasteiger partial charge in [0.15, 0.2) is 0 Å². The van der Waals surface area contributed by atoms with Crippen LogP contribution in [0.3, 0.4) is 0 Å². The minimum atomic E-state index is 0.119. The summed E-state index contributed by atoms with van der Waals surface area (Å²) in [5.74, 6) is 0. The molecule has 0 radical (unpaired) electrons. The lowest BCUT2D eigenvalue weighted by atomic mass is 10.0. The molecule has 0 aliphatic rings. The van der Waals surface area contributed by atoms with E-state index in [1.807, 2.05) is 0 Å². The summed E-state index contributed by atoms with van der Waals surface area (Å²) in [5.41, 5.74) is 0. The molecule has 0 heterocycles. The van der Waals surface area contributed by atoms with Gasteiger partial charge < -0.3 is 15.2 Å². The highest BCUT2D eigenvalue weighted by Crippen LogP contribution is 2.11. The van der Waals surface area contributed by atoms with Gasteiger partial charge in [0.1, 0.15) is 0 Å². The van der Waals surface area contributed by atoms with Crippen molar-refractivity contribution in [2.45, 2.75) is 84.1 Å². The molecule has 0 aromatic heterocycles. The highest BCUT2D eigenvalue weighted by Gasteiger charge is 2.00. The largest absolute Gasteiger partial charge is 0.394 e. The van der Waals surface area contributed by atoms with Gasteiger partial charge in [0.25, 0.3) is 0 Å². The van der Waals surface area contributed by atoms with Gasteiger partial charge in [-0.1, -0.05) is 64.7 Å². The van der Waals surface area contributed by atoms with Crippen LogP contribution in [0.25, 0.3) is 0 Å². The number of ether oxygens (including phenoxy) is 1. The molecule has 20 heavy (non-hydrogen) atoms. The number of nitrogens with one attached hydrogen (secondary N) is 1. The maximum Gasteiger partial charge on any atom is 0.0698 e. The Hall–Kier alpha value is -0.120. The van der Waals surface area contributed by atoms with Crippen LogP contribution >= 0.6 is 0 Å². The number of aliphatic hydroxyl groups excluding tert-OH is 1. The van der Waals surface area contributed by atoms with Gasteiger partial charge in [-0.3, -0.25) is 0 Å². The number of hydrogen-bond donors (Lipinski definition) is 2. The maximum atomic E-state index is 8.58. The van der Waals surface area contributed by atoms with Gasteiger partial charge in [-0.05, 0) is 13.3 Å². The van der Waals surface area contributed by atoms with Crippen molar-refractivity contribution in [3.05, 3.63) is 0 Å². The van der Waals surface area contributed by atoms with E-state index in [-0.39, 0.29) is 6.61 Å². The molecule has 2 N–H and O–H groups in total. The van der Waals surface area contributed by atoms with Crippen molar-refractivity contribution < 1.29 is 9.84 Å². The van der Waals surface area contributed by atoms with Crippen LogP contribution in [-0.4, -0.2) is 37.5 Å². The fourth-order valence-electron chi connectivity index (χ4n) is 2.41. The van der Waals surface area contributed by atoms with Gasteiger partial charge in [-0.25, -0.2) is 0 Å². The van der Waals surface area contributed by atoms with E-state index in [0.717, 1.165) is 6.54 Å². The molecular weight excluding hydrogens is 250 g/mol. The third kappa shape index (κ3) is 15.9. The molecule has 0 aromatic carbocycles. The summed E-state index contributed by atoms with van der Waals surface area (Å²) in [6.45, 7) is 6.67. The lowest BCUT2D eigenvalue weighted by Gasteiger charge is -2.13. The summed E-state index contributed by atoms with van der Waals surface area (Å²) in [7, 11) is 0. The fraction of sp³-hybridized carbons (Fsp3) is 1.00. The molecule has 1 atom stereocenters. The minimum Gasteiger partial charge on any atom is -0.394 e. The first-order chi connectivity index (χ1) is 9.81. The molecule has 0 saturated carbocycles. The SMILES string of the molecule is CCCCCCCCCCCC(C)NCCOCCO. The molecule has 0 aliphatic heterocycles. The fourth-order valence-corrected chi connectivity index (χ4v) is 2.41. The Balaban J connectivity index is 3.09.